The second-order valence-electron chi connectivity index (χ2n) is 5.66. The Hall–Kier alpha value is -1.66. The number of nitrogens with zero attached hydrogens (tertiary/aromatic N) is 2. The highest BCUT2D eigenvalue weighted by Gasteiger charge is 2.26. The second-order valence-corrected chi connectivity index (χ2v) is 6.05. The predicted molar refractivity (Wildman–Crippen MR) is 91.7 cm³/mol. The second kappa shape index (κ2) is 6.22. The van der Waals surface area contributed by atoms with Gasteiger partial charge in [0.15, 0.2) is 5.11 Å². The fraction of sp³-hybridized carbons (Fsp3) is 0.500. The molecule has 2 saturated heterocycles. The Morgan fingerprint density at radius 1 is 1.32 bits per heavy atom. The molecule has 6 heteroatoms. The van der Waals surface area contributed by atoms with Crippen molar-refractivity contribution in [1.29, 1.82) is 0 Å². The van der Waals surface area contributed by atoms with Crippen LogP contribution >= 0.6 is 12.2 Å². The topological polar surface area (TPSA) is 44.8 Å². The van der Waals surface area contributed by atoms with E-state index in [0.29, 0.717) is 11.7 Å². The van der Waals surface area contributed by atoms with E-state index < -0.39 is 0 Å². The fourth-order valence-corrected chi connectivity index (χ4v) is 3.43. The largest absolute Gasteiger partial charge is 0.378 e. The van der Waals surface area contributed by atoms with E-state index in [1.54, 1.807) is 0 Å². The van der Waals surface area contributed by atoms with Crippen molar-refractivity contribution in [3.05, 3.63) is 23.3 Å². The summed E-state index contributed by atoms with van der Waals surface area (Å²) in [5.41, 5.74) is 4.81. The van der Waals surface area contributed by atoms with E-state index in [2.05, 4.69) is 36.2 Å². The summed E-state index contributed by atoms with van der Waals surface area (Å²) in [5, 5.41) is 3.18. The molecule has 0 unspecified atom stereocenters. The van der Waals surface area contributed by atoms with Crippen LogP contribution in [0, 0.1) is 6.92 Å². The third kappa shape index (κ3) is 2.80. The summed E-state index contributed by atoms with van der Waals surface area (Å²) in [6.07, 6.45) is 0.948. The number of ether oxygens (including phenoxy) is 1. The van der Waals surface area contributed by atoms with Crippen LogP contribution in [-0.2, 0) is 16.0 Å². The van der Waals surface area contributed by atoms with Gasteiger partial charge in [-0.1, -0.05) is 6.92 Å². The van der Waals surface area contributed by atoms with Gasteiger partial charge in [-0.15, -0.1) is 0 Å². The molecule has 0 atom stereocenters. The fourth-order valence-electron chi connectivity index (χ4n) is 3.15. The Morgan fingerprint density at radius 2 is 2.05 bits per heavy atom. The number of hydrogen-bond acceptors (Lipinski definition) is 4. The van der Waals surface area contributed by atoms with Gasteiger partial charge in [0.05, 0.1) is 13.2 Å². The zero-order valence-electron chi connectivity index (χ0n) is 13.0. The minimum absolute atomic E-state index is 0.0436. The van der Waals surface area contributed by atoms with Crippen molar-refractivity contribution in [3.63, 3.8) is 0 Å². The minimum atomic E-state index is -0.0436. The monoisotopic (exact) mass is 319 g/mol. The van der Waals surface area contributed by atoms with Gasteiger partial charge in [-0.3, -0.25) is 4.79 Å². The maximum atomic E-state index is 11.5. The molecular weight excluding hydrogens is 298 g/mol. The highest BCUT2D eigenvalue weighted by Crippen LogP contribution is 2.32. The normalized spacial score (nSPS) is 18.8. The van der Waals surface area contributed by atoms with Crippen molar-refractivity contribution >= 4 is 34.6 Å². The molecule has 0 aliphatic carbocycles. The summed E-state index contributed by atoms with van der Waals surface area (Å²) in [5.74, 6) is -0.0436. The third-order valence-electron chi connectivity index (χ3n) is 4.18. The number of hydrogen-bond donors (Lipinski definition) is 1. The molecule has 2 aliphatic rings. The van der Waals surface area contributed by atoms with Gasteiger partial charge < -0.3 is 19.9 Å². The average Bonchev–Trinajstić information content (AvgIpc) is 2.86. The minimum Gasteiger partial charge on any atom is -0.378 e. The Balaban J connectivity index is 1.96. The molecule has 3 rings (SSSR count). The van der Waals surface area contributed by atoms with E-state index in [4.69, 9.17) is 17.0 Å². The van der Waals surface area contributed by atoms with Gasteiger partial charge in [-0.2, -0.15) is 0 Å². The summed E-state index contributed by atoms with van der Waals surface area (Å²) in [7, 11) is 0. The number of aryl methyl sites for hydroxylation is 2. The zero-order valence-corrected chi connectivity index (χ0v) is 13.8. The van der Waals surface area contributed by atoms with Crippen LogP contribution in [0.3, 0.4) is 0 Å². The lowest BCUT2D eigenvalue weighted by atomic mass is 10.0. The van der Waals surface area contributed by atoms with Crippen LogP contribution in [0.5, 0.6) is 0 Å². The smallest absolute Gasteiger partial charge is 0.246 e. The maximum absolute atomic E-state index is 11.5. The standard InChI is InChI=1S/C16H21N3O2S/c1-3-12-9-13(19-10-14(20)17-16(19)22)8-11(2)15(12)18-4-6-21-7-5-18/h8-9H,3-7,10H2,1-2H3,(H,17,20,22). The Labute approximate surface area is 136 Å². The van der Waals surface area contributed by atoms with Gasteiger partial charge in [0, 0.05) is 24.5 Å². The van der Waals surface area contributed by atoms with Gasteiger partial charge >= 0.3 is 0 Å². The number of nitrogens with one attached hydrogen (secondary N) is 1. The first-order valence-corrected chi connectivity index (χ1v) is 8.08. The van der Waals surface area contributed by atoms with E-state index >= 15 is 0 Å². The molecule has 0 radical (unpaired) electrons. The highest BCUT2D eigenvalue weighted by atomic mass is 32.1. The van der Waals surface area contributed by atoms with Gasteiger partial charge in [-0.05, 0) is 48.8 Å². The first-order valence-electron chi connectivity index (χ1n) is 7.67. The summed E-state index contributed by atoms with van der Waals surface area (Å²) in [4.78, 5) is 15.8. The molecule has 22 heavy (non-hydrogen) atoms. The van der Waals surface area contributed by atoms with Crippen molar-refractivity contribution in [2.24, 2.45) is 0 Å². The lowest BCUT2D eigenvalue weighted by molar-refractivity contribution is -0.117. The van der Waals surface area contributed by atoms with E-state index in [-0.39, 0.29) is 5.91 Å². The molecule has 1 aromatic carbocycles. The number of thiocarbonyl (C=S) groups is 1. The van der Waals surface area contributed by atoms with Gasteiger partial charge in [0.25, 0.3) is 0 Å². The van der Waals surface area contributed by atoms with E-state index in [1.165, 1.54) is 16.8 Å². The first-order chi connectivity index (χ1) is 10.6. The van der Waals surface area contributed by atoms with Gasteiger partial charge in [0.1, 0.15) is 6.54 Å². The molecular formula is C16H21N3O2S. The molecule has 0 aromatic heterocycles. The number of carbonyl (C=O) groups excluding carboxylic acids is 1. The molecule has 0 bridgehead atoms. The number of morpholine rings is 1. The molecule has 118 valence electrons. The van der Waals surface area contributed by atoms with E-state index in [9.17, 15) is 4.79 Å². The van der Waals surface area contributed by atoms with Crippen LogP contribution in [0.15, 0.2) is 12.1 Å². The summed E-state index contributed by atoms with van der Waals surface area (Å²) < 4.78 is 5.45. The lowest BCUT2D eigenvalue weighted by Crippen LogP contribution is -2.37. The predicted octanol–water partition coefficient (Wildman–Crippen LogP) is 1.62. The average molecular weight is 319 g/mol. The Kier molecular flexibility index (Phi) is 4.31. The van der Waals surface area contributed by atoms with Gasteiger partial charge in [0.2, 0.25) is 5.91 Å². The third-order valence-corrected chi connectivity index (χ3v) is 4.50. The number of rotatable bonds is 3. The molecule has 5 nitrogen and oxygen atoms in total. The molecule has 0 saturated carbocycles. The van der Waals surface area contributed by atoms with Crippen LogP contribution in [0.25, 0.3) is 0 Å². The first kappa shape index (κ1) is 15.2. The quantitative estimate of drug-likeness (QED) is 0.858. The van der Waals surface area contributed by atoms with Crippen LogP contribution in [0.2, 0.25) is 0 Å². The summed E-state index contributed by atoms with van der Waals surface area (Å²) in [6, 6.07) is 4.28. The SMILES string of the molecule is CCc1cc(N2CC(=O)NC2=S)cc(C)c1N1CCOCC1. The van der Waals surface area contributed by atoms with Crippen molar-refractivity contribution < 1.29 is 9.53 Å². The maximum Gasteiger partial charge on any atom is 0.246 e. The zero-order chi connectivity index (χ0) is 15.7. The van der Waals surface area contributed by atoms with Crippen molar-refractivity contribution in [1.82, 2.24) is 5.32 Å². The van der Waals surface area contributed by atoms with Gasteiger partial charge in [-0.25, -0.2) is 0 Å². The molecule has 1 amide bonds. The molecule has 1 N–H and O–H groups in total. The van der Waals surface area contributed by atoms with E-state index in [0.717, 1.165) is 38.4 Å². The number of anilines is 2. The van der Waals surface area contributed by atoms with Crippen molar-refractivity contribution in [3.8, 4) is 0 Å². The summed E-state index contributed by atoms with van der Waals surface area (Å²) in [6.45, 7) is 8.00. The van der Waals surface area contributed by atoms with Crippen molar-refractivity contribution in [2.45, 2.75) is 20.3 Å². The van der Waals surface area contributed by atoms with Crippen LogP contribution in [-0.4, -0.2) is 43.9 Å². The van der Waals surface area contributed by atoms with E-state index in [1.807, 2.05) is 4.90 Å². The highest BCUT2D eigenvalue weighted by molar-refractivity contribution is 7.80. The lowest BCUT2D eigenvalue weighted by Gasteiger charge is -2.33. The Bertz CT molecular complexity index is 612. The molecule has 2 fully saturated rings. The molecule has 2 heterocycles. The molecule has 1 aromatic rings. The summed E-state index contributed by atoms with van der Waals surface area (Å²) >= 11 is 5.25. The number of amides is 1. The van der Waals surface area contributed by atoms with Crippen molar-refractivity contribution in [2.75, 3.05) is 42.6 Å². The Morgan fingerprint density at radius 3 is 2.64 bits per heavy atom. The molecule has 2 aliphatic heterocycles. The molecule has 0 spiro atoms. The van der Waals surface area contributed by atoms with Crippen LogP contribution in [0.1, 0.15) is 18.1 Å². The number of benzene rings is 1. The number of carbonyl (C=O) groups is 1. The van der Waals surface area contributed by atoms with Crippen LogP contribution < -0.4 is 15.1 Å². The van der Waals surface area contributed by atoms with Crippen LogP contribution in [0.4, 0.5) is 11.4 Å².